The number of hydrogen-bond donors (Lipinski definition) is 2. The van der Waals surface area contributed by atoms with Crippen molar-refractivity contribution in [1.29, 1.82) is 0 Å². The fraction of sp³-hybridized carbons (Fsp3) is 0.529. The number of nitrogens with zero attached hydrogens (tertiary/aromatic N) is 1. The molecule has 2 amide bonds. The molecule has 1 aromatic rings. The van der Waals surface area contributed by atoms with E-state index in [9.17, 15) is 9.59 Å². The van der Waals surface area contributed by atoms with Crippen LogP contribution in [0.3, 0.4) is 0 Å². The van der Waals surface area contributed by atoms with Gasteiger partial charge in [-0.05, 0) is 17.5 Å². The monoisotopic (exact) mass is 317 g/mol. The molecule has 3 rings (SSSR count). The van der Waals surface area contributed by atoms with Crippen molar-refractivity contribution in [3.63, 3.8) is 0 Å². The van der Waals surface area contributed by atoms with Gasteiger partial charge in [-0.25, -0.2) is 0 Å². The van der Waals surface area contributed by atoms with E-state index in [0.29, 0.717) is 19.4 Å². The van der Waals surface area contributed by atoms with Crippen molar-refractivity contribution in [2.45, 2.75) is 32.0 Å². The number of ether oxygens (including phenoxy) is 1. The van der Waals surface area contributed by atoms with E-state index in [1.807, 2.05) is 18.2 Å². The summed E-state index contributed by atoms with van der Waals surface area (Å²) in [6.07, 6.45) is 1.02. The molecule has 23 heavy (non-hydrogen) atoms. The van der Waals surface area contributed by atoms with Crippen molar-refractivity contribution >= 4 is 11.8 Å². The number of amides is 2. The van der Waals surface area contributed by atoms with E-state index in [0.717, 1.165) is 38.4 Å². The highest BCUT2D eigenvalue weighted by Gasteiger charge is 2.26. The van der Waals surface area contributed by atoms with Gasteiger partial charge in [0.25, 0.3) is 0 Å². The van der Waals surface area contributed by atoms with Crippen molar-refractivity contribution in [1.82, 2.24) is 15.5 Å². The van der Waals surface area contributed by atoms with Gasteiger partial charge in [0, 0.05) is 32.6 Å². The van der Waals surface area contributed by atoms with Crippen LogP contribution in [0, 0.1) is 0 Å². The van der Waals surface area contributed by atoms with Crippen LogP contribution in [-0.4, -0.2) is 49.1 Å². The van der Waals surface area contributed by atoms with Crippen LogP contribution in [0.15, 0.2) is 24.3 Å². The second kappa shape index (κ2) is 7.57. The number of morpholine rings is 1. The third kappa shape index (κ3) is 4.30. The molecule has 2 heterocycles. The molecule has 6 heteroatoms. The first-order chi connectivity index (χ1) is 11.2. The molecule has 0 spiro atoms. The number of benzene rings is 1. The second-order valence-corrected chi connectivity index (χ2v) is 6.03. The number of rotatable bonds is 5. The number of hydrogen-bond acceptors (Lipinski definition) is 4. The lowest BCUT2D eigenvalue weighted by Crippen LogP contribution is -2.41. The minimum atomic E-state index is -0.381. The lowest BCUT2D eigenvalue weighted by molar-refractivity contribution is -0.125. The summed E-state index contributed by atoms with van der Waals surface area (Å²) in [7, 11) is 0. The smallest absolute Gasteiger partial charge is 0.242 e. The van der Waals surface area contributed by atoms with Gasteiger partial charge in [0.05, 0.1) is 13.2 Å². The Hall–Kier alpha value is -1.92. The molecule has 1 aromatic carbocycles. The topological polar surface area (TPSA) is 70.7 Å². The molecule has 0 unspecified atom stereocenters. The third-order valence-electron chi connectivity index (χ3n) is 4.38. The van der Waals surface area contributed by atoms with E-state index >= 15 is 0 Å². The van der Waals surface area contributed by atoms with Crippen LogP contribution in [0.1, 0.15) is 24.0 Å². The highest BCUT2D eigenvalue weighted by atomic mass is 16.5. The molecule has 2 saturated heterocycles. The summed E-state index contributed by atoms with van der Waals surface area (Å²) in [5.74, 6) is -0.144. The number of carbonyl (C=O) groups excluding carboxylic acids is 2. The zero-order valence-electron chi connectivity index (χ0n) is 13.2. The Morgan fingerprint density at radius 1 is 1.26 bits per heavy atom. The zero-order chi connectivity index (χ0) is 16.1. The van der Waals surface area contributed by atoms with Crippen molar-refractivity contribution in [3.05, 3.63) is 35.4 Å². The summed E-state index contributed by atoms with van der Waals surface area (Å²) < 4.78 is 5.38. The lowest BCUT2D eigenvalue weighted by Gasteiger charge is -2.27. The Balaban J connectivity index is 1.56. The van der Waals surface area contributed by atoms with Gasteiger partial charge in [0.15, 0.2) is 0 Å². The van der Waals surface area contributed by atoms with Crippen molar-refractivity contribution < 1.29 is 14.3 Å². The summed E-state index contributed by atoms with van der Waals surface area (Å²) in [6, 6.07) is 7.78. The van der Waals surface area contributed by atoms with Gasteiger partial charge in [0.2, 0.25) is 11.8 Å². The molecule has 124 valence electrons. The number of carbonyl (C=O) groups is 2. The standard InChI is InChI=1S/C17H23N3O3/c21-16-6-5-15(19-16)17(22)18-11-13-3-1-2-4-14(13)12-20-7-9-23-10-8-20/h1-4,15H,5-12H2,(H,18,22)(H,19,21)/t15-/m1/s1. The van der Waals surface area contributed by atoms with Crippen LogP contribution in [0.4, 0.5) is 0 Å². The lowest BCUT2D eigenvalue weighted by atomic mass is 10.1. The largest absolute Gasteiger partial charge is 0.379 e. The molecule has 0 aromatic heterocycles. The highest BCUT2D eigenvalue weighted by Crippen LogP contribution is 2.13. The third-order valence-corrected chi connectivity index (χ3v) is 4.38. The molecule has 6 nitrogen and oxygen atoms in total. The summed E-state index contributed by atoms with van der Waals surface area (Å²) in [6.45, 7) is 4.80. The van der Waals surface area contributed by atoms with Gasteiger partial charge in [-0.3, -0.25) is 14.5 Å². The molecule has 2 aliphatic heterocycles. The maximum absolute atomic E-state index is 12.1. The van der Waals surface area contributed by atoms with Gasteiger partial charge in [0.1, 0.15) is 6.04 Å². The molecule has 2 aliphatic rings. The van der Waals surface area contributed by atoms with E-state index in [1.165, 1.54) is 5.56 Å². The average Bonchev–Trinajstić information content (AvgIpc) is 3.01. The molecule has 2 N–H and O–H groups in total. The fourth-order valence-electron chi connectivity index (χ4n) is 3.00. The van der Waals surface area contributed by atoms with Crippen LogP contribution in [0.25, 0.3) is 0 Å². The maximum atomic E-state index is 12.1. The van der Waals surface area contributed by atoms with Gasteiger partial charge < -0.3 is 15.4 Å². The molecular weight excluding hydrogens is 294 g/mol. The average molecular weight is 317 g/mol. The van der Waals surface area contributed by atoms with Crippen molar-refractivity contribution in [2.75, 3.05) is 26.3 Å². The van der Waals surface area contributed by atoms with Crippen molar-refractivity contribution in [2.24, 2.45) is 0 Å². The Labute approximate surface area is 136 Å². The van der Waals surface area contributed by atoms with Gasteiger partial charge in [-0.1, -0.05) is 24.3 Å². The first-order valence-electron chi connectivity index (χ1n) is 8.16. The Bertz CT molecular complexity index is 570. The van der Waals surface area contributed by atoms with Crippen molar-refractivity contribution in [3.8, 4) is 0 Å². The molecule has 1 atom stereocenters. The van der Waals surface area contributed by atoms with Gasteiger partial charge in [-0.15, -0.1) is 0 Å². The summed E-state index contributed by atoms with van der Waals surface area (Å²) >= 11 is 0. The van der Waals surface area contributed by atoms with E-state index in [1.54, 1.807) is 0 Å². The summed E-state index contributed by atoms with van der Waals surface area (Å²) in [5.41, 5.74) is 2.35. The number of nitrogens with one attached hydrogen (secondary N) is 2. The fourth-order valence-corrected chi connectivity index (χ4v) is 3.00. The van der Waals surface area contributed by atoms with E-state index in [4.69, 9.17) is 4.74 Å². The predicted octanol–water partition coefficient (Wildman–Crippen LogP) is 0.414. The minimum Gasteiger partial charge on any atom is -0.379 e. The molecule has 0 saturated carbocycles. The molecule has 0 radical (unpaired) electrons. The van der Waals surface area contributed by atoms with Crippen LogP contribution in [-0.2, 0) is 27.4 Å². The van der Waals surface area contributed by atoms with E-state index < -0.39 is 0 Å². The van der Waals surface area contributed by atoms with Crippen LogP contribution < -0.4 is 10.6 Å². The van der Waals surface area contributed by atoms with Gasteiger partial charge >= 0.3 is 0 Å². The quantitative estimate of drug-likeness (QED) is 0.825. The van der Waals surface area contributed by atoms with Crippen LogP contribution in [0.5, 0.6) is 0 Å². The normalized spacial score (nSPS) is 21.9. The molecule has 2 fully saturated rings. The first-order valence-corrected chi connectivity index (χ1v) is 8.16. The van der Waals surface area contributed by atoms with Gasteiger partial charge in [-0.2, -0.15) is 0 Å². The molecular formula is C17H23N3O3. The molecule has 0 aliphatic carbocycles. The highest BCUT2D eigenvalue weighted by molar-refractivity contribution is 5.90. The predicted molar refractivity (Wildman–Crippen MR) is 85.5 cm³/mol. The zero-order valence-corrected chi connectivity index (χ0v) is 13.2. The second-order valence-electron chi connectivity index (χ2n) is 6.03. The minimum absolute atomic E-state index is 0.0436. The maximum Gasteiger partial charge on any atom is 0.242 e. The van der Waals surface area contributed by atoms with E-state index in [-0.39, 0.29) is 17.9 Å². The van der Waals surface area contributed by atoms with Crippen LogP contribution in [0.2, 0.25) is 0 Å². The summed E-state index contributed by atoms with van der Waals surface area (Å²) in [4.78, 5) is 25.7. The molecule has 0 bridgehead atoms. The van der Waals surface area contributed by atoms with E-state index in [2.05, 4.69) is 21.6 Å². The summed E-state index contributed by atoms with van der Waals surface area (Å²) in [5, 5.41) is 5.64. The first kappa shape index (κ1) is 16.0. The van der Waals surface area contributed by atoms with Crippen LogP contribution >= 0.6 is 0 Å². The Morgan fingerprint density at radius 3 is 2.70 bits per heavy atom. The Kier molecular flexibility index (Phi) is 5.25. The SMILES string of the molecule is O=C1CC[C@H](C(=O)NCc2ccccc2CN2CCOCC2)N1. The Morgan fingerprint density at radius 2 is 2.00 bits per heavy atom.